The lowest BCUT2D eigenvalue weighted by atomic mass is 10.1. The van der Waals surface area contributed by atoms with Gasteiger partial charge in [0.2, 0.25) is 0 Å². The third kappa shape index (κ3) is 3.64. The molecule has 0 N–H and O–H groups in total. The molecule has 0 heterocycles. The maximum atomic E-state index is 12.7. The number of hydrogen-bond donors (Lipinski definition) is 0. The van der Waals surface area contributed by atoms with Crippen LogP contribution in [0.5, 0.6) is 11.5 Å². The second-order valence-electron chi connectivity index (χ2n) is 4.06. The average molecular weight is 323 g/mol. The number of benzene rings is 2. The zero-order chi connectivity index (χ0) is 13.8. The SMILES string of the molecule is CC(Br)C(=O)c1ccc(Oc2ccc(F)cc2)cc1. The molecule has 0 saturated carbocycles. The average Bonchev–Trinajstić information content (AvgIpc) is 2.41. The summed E-state index contributed by atoms with van der Waals surface area (Å²) in [6, 6.07) is 12.6. The normalized spacial score (nSPS) is 11.9. The Morgan fingerprint density at radius 2 is 1.53 bits per heavy atom. The minimum absolute atomic E-state index is 0.0216. The molecule has 0 fully saturated rings. The molecule has 0 aliphatic heterocycles. The van der Waals surface area contributed by atoms with Crippen LogP contribution in [0.3, 0.4) is 0 Å². The van der Waals surface area contributed by atoms with Gasteiger partial charge in [-0.2, -0.15) is 0 Å². The predicted molar refractivity (Wildman–Crippen MR) is 75.6 cm³/mol. The van der Waals surface area contributed by atoms with E-state index in [-0.39, 0.29) is 16.4 Å². The summed E-state index contributed by atoms with van der Waals surface area (Å²) in [5.74, 6) is 0.868. The molecular weight excluding hydrogens is 311 g/mol. The van der Waals surface area contributed by atoms with Gasteiger partial charge in [0.1, 0.15) is 17.3 Å². The molecule has 0 aliphatic rings. The van der Waals surface area contributed by atoms with Crippen LogP contribution in [0, 0.1) is 5.82 Å². The molecule has 1 unspecified atom stereocenters. The monoisotopic (exact) mass is 322 g/mol. The molecule has 0 bridgehead atoms. The highest BCUT2D eigenvalue weighted by Crippen LogP contribution is 2.22. The van der Waals surface area contributed by atoms with Crippen molar-refractivity contribution in [1.29, 1.82) is 0 Å². The lowest BCUT2D eigenvalue weighted by Gasteiger charge is -2.07. The van der Waals surface area contributed by atoms with E-state index in [2.05, 4.69) is 15.9 Å². The second kappa shape index (κ2) is 5.97. The van der Waals surface area contributed by atoms with Gasteiger partial charge in [-0.05, 0) is 55.5 Å². The van der Waals surface area contributed by atoms with E-state index in [0.29, 0.717) is 17.1 Å². The molecule has 0 aromatic heterocycles. The number of alkyl halides is 1. The molecule has 2 aromatic carbocycles. The summed E-state index contributed by atoms with van der Waals surface area (Å²) in [6.45, 7) is 1.78. The minimum atomic E-state index is -0.306. The molecule has 0 amide bonds. The number of carbonyl (C=O) groups is 1. The Morgan fingerprint density at radius 3 is 2.00 bits per heavy atom. The molecule has 0 aliphatic carbocycles. The number of carbonyl (C=O) groups excluding carboxylic acids is 1. The summed E-state index contributed by atoms with van der Waals surface area (Å²) in [6.07, 6.45) is 0. The molecule has 0 spiro atoms. The lowest BCUT2D eigenvalue weighted by Crippen LogP contribution is -2.09. The van der Waals surface area contributed by atoms with Gasteiger partial charge in [-0.25, -0.2) is 4.39 Å². The fourth-order valence-corrected chi connectivity index (χ4v) is 1.82. The van der Waals surface area contributed by atoms with Crippen LogP contribution in [0.25, 0.3) is 0 Å². The fraction of sp³-hybridized carbons (Fsp3) is 0.133. The Labute approximate surface area is 119 Å². The second-order valence-corrected chi connectivity index (χ2v) is 5.43. The lowest BCUT2D eigenvalue weighted by molar-refractivity contribution is 0.0996. The van der Waals surface area contributed by atoms with E-state index in [1.54, 1.807) is 43.3 Å². The fourth-order valence-electron chi connectivity index (χ4n) is 1.56. The van der Waals surface area contributed by atoms with Crippen LogP contribution in [-0.4, -0.2) is 10.6 Å². The van der Waals surface area contributed by atoms with Crippen molar-refractivity contribution in [3.8, 4) is 11.5 Å². The Kier molecular flexibility index (Phi) is 4.32. The van der Waals surface area contributed by atoms with E-state index in [1.165, 1.54) is 12.1 Å². The van der Waals surface area contributed by atoms with Crippen LogP contribution in [0.15, 0.2) is 48.5 Å². The topological polar surface area (TPSA) is 26.3 Å². The quantitative estimate of drug-likeness (QED) is 0.608. The number of Topliss-reactive ketones (excluding diaryl/α,β-unsaturated/α-hetero) is 1. The molecule has 4 heteroatoms. The van der Waals surface area contributed by atoms with Crippen molar-refractivity contribution in [3.05, 3.63) is 59.9 Å². The molecule has 0 radical (unpaired) electrons. The van der Waals surface area contributed by atoms with Crippen LogP contribution >= 0.6 is 15.9 Å². The van der Waals surface area contributed by atoms with Crippen LogP contribution in [-0.2, 0) is 0 Å². The first-order valence-electron chi connectivity index (χ1n) is 5.78. The van der Waals surface area contributed by atoms with Gasteiger partial charge in [0, 0.05) is 5.56 Å². The maximum absolute atomic E-state index is 12.7. The van der Waals surface area contributed by atoms with Crippen molar-refractivity contribution in [1.82, 2.24) is 0 Å². The molecule has 19 heavy (non-hydrogen) atoms. The zero-order valence-corrected chi connectivity index (χ0v) is 11.9. The molecular formula is C15H12BrFO2. The van der Waals surface area contributed by atoms with Crippen molar-refractivity contribution in [2.45, 2.75) is 11.8 Å². The number of ether oxygens (including phenoxy) is 1. The first kappa shape index (κ1) is 13.7. The van der Waals surface area contributed by atoms with E-state index in [9.17, 15) is 9.18 Å². The third-order valence-corrected chi connectivity index (χ3v) is 2.97. The van der Waals surface area contributed by atoms with E-state index < -0.39 is 0 Å². The minimum Gasteiger partial charge on any atom is -0.457 e. The van der Waals surface area contributed by atoms with Crippen LogP contribution < -0.4 is 4.74 Å². The molecule has 2 nitrogen and oxygen atoms in total. The highest BCUT2D eigenvalue weighted by Gasteiger charge is 2.11. The molecule has 98 valence electrons. The Morgan fingerprint density at radius 1 is 1.05 bits per heavy atom. The summed E-state index contributed by atoms with van der Waals surface area (Å²) in [5, 5.41) is 0. The van der Waals surface area contributed by atoms with E-state index in [1.807, 2.05) is 0 Å². The number of halogens is 2. The van der Waals surface area contributed by atoms with E-state index >= 15 is 0 Å². The van der Waals surface area contributed by atoms with Gasteiger partial charge >= 0.3 is 0 Å². The van der Waals surface area contributed by atoms with Gasteiger partial charge in [0.15, 0.2) is 5.78 Å². The smallest absolute Gasteiger partial charge is 0.176 e. The summed E-state index contributed by atoms with van der Waals surface area (Å²) < 4.78 is 18.3. The molecule has 2 aromatic rings. The van der Waals surface area contributed by atoms with Gasteiger partial charge in [0.05, 0.1) is 4.83 Å². The number of rotatable bonds is 4. The number of hydrogen-bond acceptors (Lipinski definition) is 2. The first-order chi connectivity index (χ1) is 9.06. The van der Waals surface area contributed by atoms with Gasteiger partial charge in [0.25, 0.3) is 0 Å². The van der Waals surface area contributed by atoms with Crippen molar-refractivity contribution >= 4 is 21.7 Å². The van der Waals surface area contributed by atoms with Gasteiger partial charge < -0.3 is 4.74 Å². The molecule has 0 saturated heterocycles. The standard InChI is InChI=1S/C15H12BrFO2/c1-10(16)15(18)11-2-6-13(7-3-11)19-14-8-4-12(17)5-9-14/h2-10H,1H3. The van der Waals surface area contributed by atoms with Crippen LogP contribution in [0.4, 0.5) is 4.39 Å². The van der Waals surface area contributed by atoms with Crippen LogP contribution in [0.2, 0.25) is 0 Å². The largest absolute Gasteiger partial charge is 0.457 e. The summed E-state index contributed by atoms with van der Waals surface area (Å²) in [4.78, 5) is 11.5. The number of ketones is 1. The predicted octanol–water partition coefficient (Wildman–Crippen LogP) is 4.58. The van der Waals surface area contributed by atoms with Crippen molar-refractivity contribution < 1.29 is 13.9 Å². The van der Waals surface area contributed by atoms with Crippen molar-refractivity contribution in [2.75, 3.05) is 0 Å². The summed E-state index contributed by atoms with van der Waals surface area (Å²) in [5.41, 5.74) is 0.621. The zero-order valence-electron chi connectivity index (χ0n) is 10.3. The first-order valence-corrected chi connectivity index (χ1v) is 6.69. The van der Waals surface area contributed by atoms with Gasteiger partial charge in [-0.1, -0.05) is 15.9 Å². The van der Waals surface area contributed by atoms with E-state index in [4.69, 9.17) is 4.74 Å². The van der Waals surface area contributed by atoms with Gasteiger partial charge in [-0.3, -0.25) is 4.79 Å². The van der Waals surface area contributed by atoms with E-state index in [0.717, 1.165) is 0 Å². The van der Waals surface area contributed by atoms with Gasteiger partial charge in [-0.15, -0.1) is 0 Å². The Hall–Kier alpha value is -1.68. The highest BCUT2D eigenvalue weighted by molar-refractivity contribution is 9.10. The maximum Gasteiger partial charge on any atom is 0.176 e. The summed E-state index contributed by atoms with van der Waals surface area (Å²) in [7, 11) is 0. The van der Waals surface area contributed by atoms with Crippen molar-refractivity contribution in [2.24, 2.45) is 0 Å². The summed E-state index contributed by atoms with van der Waals surface area (Å²) >= 11 is 3.24. The van der Waals surface area contributed by atoms with Crippen LogP contribution in [0.1, 0.15) is 17.3 Å². The third-order valence-electron chi connectivity index (χ3n) is 2.55. The van der Waals surface area contributed by atoms with Crippen molar-refractivity contribution in [3.63, 3.8) is 0 Å². The highest BCUT2D eigenvalue weighted by atomic mass is 79.9. The Balaban J connectivity index is 2.10. The Bertz CT molecular complexity index is 562. The molecule has 1 atom stereocenters. The molecule has 2 rings (SSSR count).